The van der Waals surface area contributed by atoms with Gasteiger partial charge in [0.05, 0.1) is 17.7 Å². The van der Waals surface area contributed by atoms with E-state index in [-0.39, 0.29) is 10.3 Å². The summed E-state index contributed by atoms with van der Waals surface area (Å²) in [6.45, 7) is 6.33. The van der Waals surface area contributed by atoms with E-state index in [2.05, 4.69) is 44.5 Å². The minimum Gasteiger partial charge on any atom is -0.496 e. The van der Waals surface area contributed by atoms with Crippen LogP contribution >= 0.6 is 0 Å². The Balaban J connectivity index is 1.93. The van der Waals surface area contributed by atoms with Gasteiger partial charge in [0, 0.05) is 11.6 Å². The molecule has 1 N–H and O–H groups in total. The fourth-order valence-electron chi connectivity index (χ4n) is 3.89. The Kier molecular flexibility index (Phi) is 5.97. The Labute approximate surface area is 175 Å². The smallest absolute Gasteiger partial charge is 0.261 e. The third-order valence-corrected chi connectivity index (χ3v) is 7.16. The first-order valence-corrected chi connectivity index (χ1v) is 11.5. The van der Waals surface area contributed by atoms with Crippen LogP contribution in [0.1, 0.15) is 43.9 Å². The molecule has 0 saturated carbocycles. The summed E-state index contributed by atoms with van der Waals surface area (Å²) in [5, 5.41) is 0. The highest BCUT2D eigenvalue weighted by Crippen LogP contribution is 2.36. The van der Waals surface area contributed by atoms with Gasteiger partial charge in [-0.3, -0.25) is 4.72 Å². The molecule has 0 saturated heterocycles. The molecule has 0 unspecified atom stereocenters. The normalized spacial score (nSPS) is 17.1. The average Bonchev–Trinajstić information content (AvgIpc) is 2.67. The fourth-order valence-corrected chi connectivity index (χ4v) is 4.99. The van der Waals surface area contributed by atoms with Gasteiger partial charge in [-0.05, 0) is 74.2 Å². The van der Waals surface area contributed by atoms with E-state index in [9.17, 15) is 8.42 Å². The van der Waals surface area contributed by atoms with Crippen LogP contribution in [0, 0.1) is 0 Å². The fraction of sp³-hybridized carbons (Fsp3) is 0.478. The highest BCUT2D eigenvalue weighted by Gasteiger charge is 2.27. The van der Waals surface area contributed by atoms with E-state index in [1.165, 1.54) is 0 Å². The summed E-state index contributed by atoms with van der Waals surface area (Å²) in [7, 11) is 2.16. The number of likely N-dealkylation sites (N-methyl/N-ethyl adjacent to an activating group) is 1. The van der Waals surface area contributed by atoms with E-state index in [4.69, 9.17) is 4.74 Å². The van der Waals surface area contributed by atoms with Crippen LogP contribution < -0.4 is 9.46 Å². The van der Waals surface area contributed by atoms with Crippen molar-refractivity contribution in [2.45, 2.75) is 56.4 Å². The Morgan fingerprint density at radius 3 is 2.24 bits per heavy atom. The zero-order valence-electron chi connectivity index (χ0n) is 18.2. The van der Waals surface area contributed by atoms with Crippen molar-refractivity contribution in [1.82, 2.24) is 4.90 Å². The Bertz CT molecular complexity index is 974. The predicted octanol–water partition coefficient (Wildman–Crippen LogP) is 4.21. The van der Waals surface area contributed by atoms with Gasteiger partial charge in [-0.2, -0.15) is 0 Å². The molecule has 0 fully saturated rings. The molecule has 5 nitrogen and oxygen atoms in total. The van der Waals surface area contributed by atoms with Crippen molar-refractivity contribution in [3.63, 3.8) is 0 Å². The summed E-state index contributed by atoms with van der Waals surface area (Å²) in [4.78, 5) is 2.49. The molecule has 1 aliphatic carbocycles. The van der Waals surface area contributed by atoms with Crippen molar-refractivity contribution in [1.29, 1.82) is 0 Å². The molecule has 158 valence electrons. The number of hydrogen-bond acceptors (Lipinski definition) is 4. The first-order chi connectivity index (χ1) is 13.5. The molecule has 1 atom stereocenters. The van der Waals surface area contributed by atoms with Crippen LogP contribution in [0.4, 0.5) is 5.69 Å². The maximum atomic E-state index is 13.0. The van der Waals surface area contributed by atoms with E-state index in [0.29, 0.717) is 11.7 Å². The highest BCUT2D eigenvalue weighted by atomic mass is 32.2. The zero-order chi connectivity index (χ0) is 21.4. The van der Waals surface area contributed by atoms with Crippen molar-refractivity contribution in [2.75, 3.05) is 25.9 Å². The van der Waals surface area contributed by atoms with Gasteiger partial charge < -0.3 is 9.64 Å². The molecule has 0 aliphatic heterocycles. The van der Waals surface area contributed by atoms with Crippen molar-refractivity contribution >= 4 is 15.7 Å². The van der Waals surface area contributed by atoms with Crippen molar-refractivity contribution in [3.05, 3.63) is 53.1 Å². The van der Waals surface area contributed by atoms with Gasteiger partial charge in [0.1, 0.15) is 5.75 Å². The first kappa shape index (κ1) is 21.7. The molecule has 0 aromatic heterocycles. The number of benzene rings is 2. The topological polar surface area (TPSA) is 58.6 Å². The van der Waals surface area contributed by atoms with E-state index in [0.717, 1.165) is 41.7 Å². The van der Waals surface area contributed by atoms with Gasteiger partial charge in [-0.1, -0.05) is 32.9 Å². The maximum Gasteiger partial charge on any atom is 0.261 e. The summed E-state index contributed by atoms with van der Waals surface area (Å²) in [5.41, 5.74) is 3.87. The van der Waals surface area contributed by atoms with Gasteiger partial charge in [0.25, 0.3) is 10.0 Å². The third-order valence-electron chi connectivity index (χ3n) is 5.78. The number of hydrogen-bond donors (Lipinski definition) is 1. The molecule has 6 heteroatoms. The minimum absolute atomic E-state index is 0.0201. The quantitative estimate of drug-likeness (QED) is 0.793. The number of sulfonamides is 1. The summed E-state index contributed by atoms with van der Waals surface area (Å²) in [5.74, 6) is 0.823. The molecule has 0 amide bonds. The standard InChI is InChI=1S/C23H32N2O3S/c1-23(2,3)16-7-10-18(11-8-16)29(26,27)24-21-13-14-22(28-6)20-15-17(25(4)5)9-12-19(20)21/h7-8,10-11,13-14,17,24H,9,12,15H2,1-6H3/t17-/m0/s1. The molecule has 2 aromatic carbocycles. The number of ether oxygens (including phenoxy) is 1. The Morgan fingerprint density at radius 1 is 1.03 bits per heavy atom. The molecule has 2 aromatic rings. The van der Waals surface area contributed by atoms with Gasteiger partial charge in [0.15, 0.2) is 0 Å². The number of nitrogens with one attached hydrogen (secondary N) is 1. The van der Waals surface area contributed by atoms with E-state index in [1.807, 2.05) is 24.3 Å². The van der Waals surface area contributed by atoms with E-state index >= 15 is 0 Å². The number of rotatable bonds is 5. The zero-order valence-corrected chi connectivity index (χ0v) is 19.1. The lowest BCUT2D eigenvalue weighted by Gasteiger charge is -2.32. The lowest BCUT2D eigenvalue weighted by Crippen LogP contribution is -2.34. The summed E-state index contributed by atoms with van der Waals surface area (Å²) >= 11 is 0. The molecule has 1 aliphatic rings. The molecule has 0 bridgehead atoms. The van der Waals surface area contributed by atoms with Crippen molar-refractivity contribution in [2.24, 2.45) is 0 Å². The lowest BCUT2D eigenvalue weighted by atomic mass is 9.86. The van der Waals surface area contributed by atoms with Gasteiger partial charge in [0.2, 0.25) is 0 Å². The number of nitrogens with zero attached hydrogens (tertiary/aromatic N) is 1. The second kappa shape index (κ2) is 8.00. The molecule has 3 rings (SSSR count). The largest absolute Gasteiger partial charge is 0.496 e. The van der Waals surface area contributed by atoms with Crippen molar-refractivity contribution < 1.29 is 13.2 Å². The summed E-state index contributed by atoms with van der Waals surface area (Å²) in [6.07, 6.45) is 2.65. The third kappa shape index (κ3) is 4.59. The minimum atomic E-state index is -3.66. The lowest BCUT2D eigenvalue weighted by molar-refractivity contribution is 0.265. The van der Waals surface area contributed by atoms with Crippen LogP contribution in [0.5, 0.6) is 5.75 Å². The van der Waals surface area contributed by atoms with Crippen molar-refractivity contribution in [3.8, 4) is 5.75 Å². The summed E-state index contributed by atoms with van der Waals surface area (Å²) < 4.78 is 34.4. The van der Waals surface area contributed by atoms with Crippen LogP contribution in [0.25, 0.3) is 0 Å². The molecule has 0 radical (unpaired) electrons. The maximum absolute atomic E-state index is 13.0. The van der Waals surface area contributed by atoms with Gasteiger partial charge >= 0.3 is 0 Å². The van der Waals surface area contributed by atoms with Crippen LogP contribution in [-0.4, -0.2) is 40.6 Å². The number of methoxy groups -OCH3 is 1. The first-order valence-electron chi connectivity index (χ1n) is 10.0. The van der Waals surface area contributed by atoms with Crippen LogP contribution in [0.3, 0.4) is 0 Å². The molecule has 0 spiro atoms. The average molecular weight is 417 g/mol. The number of anilines is 1. The van der Waals surface area contributed by atoms with Crippen LogP contribution in [-0.2, 0) is 28.3 Å². The van der Waals surface area contributed by atoms with E-state index in [1.54, 1.807) is 19.2 Å². The monoisotopic (exact) mass is 416 g/mol. The molecule has 29 heavy (non-hydrogen) atoms. The second-order valence-corrected chi connectivity index (χ2v) is 10.7. The van der Waals surface area contributed by atoms with Crippen LogP contribution in [0.2, 0.25) is 0 Å². The van der Waals surface area contributed by atoms with Crippen LogP contribution in [0.15, 0.2) is 41.3 Å². The SMILES string of the molecule is COc1ccc(NS(=O)(=O)c2ccc(C(C)(C)C)cc2)c2c1C[C@@H](N(C)C)CC2. The molecular weight excluding hydrogens is 384 g/mol. The summed E-state index contributed by atoms with van der Waals surface area (Å²) in [6, 6.07) is 11.2. The Hall–Kier alpha value is -2.05. The Morgan fingerprint density at radius 2 is 1.69 bits per heavy atom. The van der Waals surface area contributed by atoms with E-state index < -0.39 is 10.0 Å². The highest BCUT2D eigenvalue weighted by molar-refractivity contribution is 7.92. The molecular formula is C23H32N2O3S. The number of fused-ring (bicyclic) bond motifs is 1. The second-order valence-electron chi connectivity index (χ2n) is 9.01. The predicted molar refractivity (Wildman–Crippen MR) is 118 cm³/mol. The van der Waals surface area contributed by atoms with Gasteiger partial charge in [-0.15, -0.1) is 0 Å². The molecule has 0 heterocycles. The van der Waals surface area contributed by atoms with Gasteiger partial charge in [-0.25, -0.2) is 8.42 Å².